The van der Waals surface area contributed by atoms with Crippen molar-refractivity contribution in [1.82, 2.24) is 0 Å². The van der Waals surface area contributed by atoms with Gasteiger partial charge >= 0.3 is 0 Å². The maximum absolute atomic E-state index is 10.2. The lowest BCUT2D eigenvalue weighted by molar-refractivity contribution is -0.0317. The number of unbranched alkanes of at least 4 members (excludes halogenated alkanes) is 1. The lowest BCUT2D eigenvalue weighted by Gasteiger charge is -2.41. The van der Waals surface area contributed by atoms with E-state index in [4.69, 9.17) is 0 Å². The van der Waals surface area contributed by atoms with E-state index in [0.29, 0.717) is 17.8 Å². The molecule has 5 atom stereocenters. The fourth-order valence-corrected chi connectivity index (χ4v) is 3.40. The van der Waals surface area contributed by atoms with E-state index in [2.05, 4.69) is 20.8 Å². The molecular weight excluding hydrogens is 200 g/mol. The summed E-state index contributed by atoms with van der Waals surface area (Å²) in [6.45, 7) is 6.73. The molecule has 2 heteroatoms. The van der Waals surface area contributed by atoms with Gasteiger partial charge in [0.05, 0.1) is 6.10 Å². The van der Waals surface area contributed by atoms with E-state index in [0.717, 1.165) is 6.42 Å². The van der Waals surface area contributed by atoms with Crippen LogP contribution in [0.1, 0.15) is 52.9 Å². The van der Waals surface area contributed by atoms with E-state index in [-0.39, 0.29) is 18.6 Å². The molecule has 5 unspecified atom stereocenters. The SMILES string of the molecule is CCCCC1CC(C)CC(O)C1C(C)CO. The highest BCUT2D eigenvalue weighted by atomic mass is 16.3. The number of aliphatic hydroxyl groups excluding tert-OH is 2. The van der Waals surface area contributed by atoms with Gasteiger partial charge in [0, 0.05) is 6.61 Å². The highest BCUT2D eigenvalue weighted by Crippen LogP contribution is 2.40. The summed E-state index contributed by atoms with van der Waals surface area (Å²) in [4.78, 5) is 0. The number of rotatable bonds is 5. The van der Waals surface area contributed by atoms with E-state index in [1.165, 1.54) is 25.7 Å². The van der Waals surface area contributed by atoms with Crippen LogP contribution in [0, 0.1) is 23.7 Å². The molecule has 16 heavy (non-hydrogen) atoms. The van der Waals surface area contributed by atoms with Crippen molar-refractivity contribution in [2.75, 3.05) is 6.61 Å². The molecule has 0 aromatic rings. The maximum atomic E-state index is 10.2. The largest absolute Gasteiger partial charge is 0.396 e. The Morgan fingerprint density at radius 1 is 1.31 bits per heavy atom. The van der Waals surface area contributed by atoms with Crippen molar-refractivity contribution in [1.29, 1.82) is 0 Å². The summed E-state index contributed by atoms with van der Waals surface area (Å²) in [7, 11) is 0. The number of hydrogen-bond donors (Lipinski definition) is 2. The smallest absolute Gasteiger partial charge is 0.0577 e. The summed E-state index contributed by atoms with van der Waals surface area (Å²) in [5.41, 5.74) is 0. The summed E-state index contributed by atoms with van der Waals surface area (Å²) in [6, 6.07) is 0. The molecule has 0 heterocycles. The van der Waals surface area contributed by atoms with Crippen LogP contribution >= 0.6 is 0 Å². The second-order valence-electron chi connectivity index (χ2n) is 5.78. The lowest BCUT2D eigenvalue weighted by atomic mass is 9.66. The summed E-state index contributed by atoms with van der Waals surface area (Å²) in [5.74, 6) is 1.80. The zero-order valence-corrected chi connectivity index (χ0v) is 11.0. The molecule has 1 aliphatic rings. The Morgan fingerprint density at radius 2 is 2.00 bits per heavy atom. The van der Waals surface area contributed by atoms with E-state index in [9.17, 15) is 10.2 Å². The zero-order chi connectivity index (χ0) is 12.1. The molecule has 0 aromatic carbocycles. The third-order valence-electron chi connectivity index (χ3n) is 4.21. The predicted octanol–water partition coefficient (Wildman–Crippen LogP) is 2.83. The minimum atomic E-state index is -0.201. The molecule has 96 valence electrons. The topological polar surface area (TPSA) is 40.5 Å². The van der Waals surface area contributed by atoms with Crippen molar-refractivity contribution >= 4 is 0 Å². The monoisotopic (exact) mass is 228 g/mol. The predicted molar refractivity (Wildman–Crippen MR) is 67.2 cm³/mol. The first kappa shape index (κ1) is 14.0. The van der Waals surface area contributed by atoms with Gasteiger partial charge in [-0.3, -0.25) is 0 Å². The van der Waals surface area contributed by atoms with E-state index in [1.54, 1.807) is 0 Å². The molecule has 1 fully saturated rings. The van der Waals surface area contributed by atoms with E-state index in [1.807, 2.05) is 0 Å². The van der Waals surface area contributed by atoms with Gasteiger partial charge in [-0.25, -0.2) is 0 Å². The fraction of sp³-hybridized carbons (Fsp3) is 1.00. The molecule has 2 N–H and O–H groups in total. The molecule has 0 spiro atoms. The molecule has 0 radical (unpaired) electrons. The van der Waals surface area contributed by atoms with Crippen molar-refractivity contribution in [2.45, 2.75) is 59.0 Å². The molecular formula is C14H28O2. The van der Waals surface area contributed by atoms with Gasteiger partial charge in [0.15, 0.2) is 0 Å². The third kappa shape index (κ3) is 3.46. The maximum Gasteiger partial charge on any atom is 0.0577 e. The van der Waals surface area contributed by atoms with Crippen molar-refractivity contribution in [3.05, 3.63) is 0 Å². The van der Waals surface area contributed by atoms with Crippen LogP contribution < -0.4 is 0 Å². The summed E-state index contributed by atoms with van der Waals surface area (Å²) in [6.07, 6.45) is 5.63. The van der Waals surface area contributed by atoms with Gasteiger partial charge in [0.2, 0.25) is 0 Å². The van der Waals surface area contributed by atoms with E-state index < -0.39 is 0 Å². The average Bonchev–Trinajstić information content (AvgIpc) is 2.24. The quantitative estimate of drug-likeness (QED) is 0.759. The first-order chi connectivity index (χ1) is 7.60. The molecule has 1 rings (SSSR count). The standard InChI is InChI=1S/C14H28O2/c1-4-5-6-12-7-10(2)8-13(16)14(12)11(3)9-15/h10-16H,4-9H2,1-3H3. The van der Waals surface area contributed by atoms with Gasteiger partial charge in [0.1, 0.15) is 0 Å². The van der Waals surface area contributed by atoms with E-state index >= 15 is 0 Å². The van der Waals surface area contributed by atoms with Crippen LogP contribution in [0.2, 0.25) is 0 Å². The van der Waals surface area contributed by atoms with Crippen LogP contribution in [-0.2, 0) is 0 Å². The Kier molecular flexibility index (Phi) is 5.77. The van der Waals surface area contributed by atoms with Crippen molar-refractivity contribution in [2.24, 2.45) is 23.7 Å². The van der Waals surface area contributed by atoms with Crippen LogP contribution in [0.15, 0.2) is 0 Å². The van der Waals surface area contributed by atoms with Crippen molar-refractivity contribution in [3.63, 3.8) is 0 Å². The fourth-order valence-electron chi connectivity index (χ4n) is 3.40. The summed E-state index contributed by atoms with van der Waals surface area (Å²) in [5, 5.41) is 19.5. The Bertz CT molecular complexity index is 193. The van der Waals surface area contributed by atoms with Gasteiger partial charge in [-0.05, 0) is 36.5 Å². The van der Waals surface area contributed by atoms with Crippen LogP contribution in [-0.4, -0.2) is 22.9 Å². The average molecular weight is 228 g/mol. The Hall–Kier alpha value is -0.0800. The Balaban J connectivity index is 2.64. The normalized spacial score (nSPS) is 37.3. The van der Waals surface area contributed by atoms with Crippen LogP contribution in [0.5, 0.6) is 0 Å². The summed E-state index contributed by atoms with van der Waals surface area (Å²) < 4.78 is 0. The lowest BCUT2D eigenvalue weighted by Crippen LogP contribution is -2.40. The highest BCUT2D eigenvalue weighted by Gasteiger charge is 2.37. The van der Waals surface area contributed by atoms with Crippen LogP contribution in [0.3, 0.4) is 0 Å². The van der Waals surface area contributed by atoms with Gasteiger partial charge in [0.25, 0.3) is 0 Å². The molecule has 2 nitrogen and oxygen atoms in total. The molecule has 0 saturated heterocycles. The Morgan fingerprint density at radius 3 is 2.56 bits per heavy atom. The number of hydrogen-bond acceptors (Lipinski definition) is 2. The zero-order valence-electron chi connectivity index (χ0n) is 11.0. The third-order valence-corrected chi connectivity index (χ3v) is 4.21. The van der Waals surface area contributed by atoms with Crippen LogP contribution in [0.25, 0.3) is 0 Å². The van der Waals surface area contributed by atoms with Gasteiger partial charge in [-0.15, -0.1) is 0 Å². The first-order valence-corrected chi connectivity index (χ1v) is 6.89. The molecule has 0 aromatic heterocycles. The molecule has 0 aliphatic heterocycles. The first-order valence-electron chi connectivity index (χ1n) is 6.89. The molecule has 1 saturated carbocycles. The van der Waals surface area contributed by atoms with Gasteiger partial charge < -0.3 is 10.2 Å². The molecule has 0 amide bonds. The molecule has 1 aliphatic carbocycles. The van der Waals surface area contributed by atoms with Crippen molar-refractivity contribution < 1.29 is 10.2 Å². The second-order valence-corrected chi connectivity index (χ2v) is 5.78. The second kappa shape index (κ2) is 6.61. The highest BCUT2D eigenvalue weighted by molar-refractivity contribution is 4.87. The van der Waals surface area contributed by atoms with Crippen LogP contribution in [0.4, 0.5) is 0 Å². The van der Waals surface area contributed by atoms with Gasteiger partial charge in [-0.1, -0.05) is 40.0 Å². The minimum Gasteiger partial charge on any atom is -0.396 e. The van der Waals surface area contributed by atoms with Crippen molar-refractivity contribution in [3.8, 4) is 0 Å². The minimum absolute atomic E-state index is 0.201. The van der Waals surface area contributed by atoms with Gasteiger partial charge in [-0.2, -0.15) is 0 Å². The molecule has 0 bridgehead atoms. The summed E-state index contributed by atoms with van der Waals surface area (Å²) >= 11 is 0. The Labute approximate surface area is 100 Å². The number of aliphatic hydroxyl groups is 2.